The fourth-order valence-electron chi connectivity index (χ4n) is 1.53. The minimum atomic E-state index is 0.483. The van der Waals surface area contributed by atoms with Gasteiger partial charge in [-0.3, -0.25) is 0 Å². The van der Waals surface area contributed by atoms with Crippen molar-refractivity contribution in [2.75, 3.05) is 5.43 Å². The second-order valence-electron chi connectivity index (χ2n) is 3.77. The largest absolute Gasteiger partial charge is 0.321 e. The Labute approximate surface area is 111 Å². The first-order valence-electron chi connectivity index (χ1n) is 5.52. The maximum absolute atomic E-state index is 8.77. The number of hydrazine groups is 1. The summed E-state index contributed by atoms with van der Waals surface area (Å²) in [5, 5.41) is 9.25. The first kappa shape index (κ1) is 12.4. The quantitative estimate of drug-likeness (QED) is 0.826. The summed E-state index contributed by atoms with van der Waals surface area (Å²) in [6, 6.07) is 17.3. The lowest BCUT2D eigenvalue weighted by atomic mass is 10.1. The third-order valence-electron chi connectivity index (χ3n) is 2.45. The topological polar surface area (TPSA) is 47.9 Å². The Morgan fingerprint density at radius 1 is 1.11 bits per heavy atom. The van der Waals surface area contributed by atoms with E-state index in [-0.39, 0.29) is 0 Å². The lowest BCUT2D eigenvalue weighted by molar-refractivity contribution is 0.801. The third-order valence-corrected chi connectivity index (χ3v) is 2.77. The normalized spacial score (nSPS) is 9.78. The van der Waals surface area contributed by atoms with Crippen molar-refractivity contribution in [1.82, 2.24) is 5.43 Å². The molecule has 0 atom stereocenters. The number of hydrogen-bond acceptors (Lipinski definition) is 3. The molecule has 0 radical (unpaired) electrons. The van der Waals surface area contributed by atoms with Crippen LogP contribution in [-0.4, -0.2) is 0 Å². The molecule has 0 saturated carbocycles. The predicted molar refractivity (Wildman–Crippen MR) is 73.1 cm³/mol. The van der Waals surface area contributed by atoms with Crippen molar-refractivity contribution in [3.05, 3.63) is 64.7 Å². The summed E-state index contributed by atoms with van der Waals surface area (Å²) in [6.07, 6.45) is 0. The Morgan fingerprint density at radius 2 is 1.89 bits per heavy atom. The van der Waals surface area contributed by atoms with Gasteiger partial charge in [0.15, 0.2) is 0 Å². The number of halogens is 1. The monoisotopic (exact) mass is 257 g/mol. The van der Waals surface area contributed by atoms with E-state index in [2.05, 4.69) is 10.9 Å². The van der Waals surface area contributed by atoms with Crippen LogP contribution in [0.5, 0.6) is 0 Å². The fraction of sp³-hybridized carbons (Fsp3) is 0.0714. The molecule has 2 N–H and O–H groups in total. The van der Waals surface area contributed by atoms with Gasteiger partial charge in [-0.1, -0.05) is 35.9 Å². The van der Waals surface area contributed by atoms with Crippen molar-refractivity contribution >= 4 is 17.3 Å². The maximum atomic E-state index is 8.77. The van der Waals surface area contributed by atoms with Gasteiger partial charge in [-0.05, 0) is 29.8 Å². The van der Waals surface area contributed by atoms with Crippen LogP contribution in [0.1, 0.15) is 11.1 Å². The van der Waals surface area contributed by atoms with E-state index < -0.39 is 0 Å². The number of benzene rings is 2. The number of hydrogen-bond donors (Lipinski definition) is 2. The zero-order valence-corrected chi connectivity index (χ0v) is 10.4. The van der Waals surface area contributed by atoms with E-state index in [1.165, 1.54) is 0 Å². The SMILES string of the molecule is N#Cc1ccc(CNNc2ccccc2)cc1Cl. The van der Waals surface area contributed by atoms with Gasteiger partial charge in [0.1, 0.15) is 6.07 Å². The summed E-state index contributed by atoms with van der Waals surface area (Å²) < 4.78 is 0. The van der Waals surface area contributed by atoms with Crippen molar-refractivity contribution in [3.63, 3.8) is 0 Å². The summed E-state index contributed by atoms with van der Waals surface area (Å²) in [5.41, 5.74) is 8.68. The standard InChI is InChI=1S/C14H12ClN3/c15-14-8-11(6-7-12(14)9-16)10-17-18-13-4-2-1-3-5-13/h1-8,17-18H,10H2. The van der Waals surface area contributed by atoms with Crippen molar-refractivity contribution in [2.24, 2.45) is 0 Å². The van der Waals surface area contributed by atoms with Crippen LogP contribution in [0.15, 0.2) is 48.5 Å². The number of nitrogens with zero attached hydrogens (tertiary/aromatic N) is 1. The van der Waals surface area contributed by atoms with Gasteiger partial charge in [-0.2, -0.15) is 5.26 Å². The van der Waals surface area contributed by atoms with Crippen LogP contribution in [0.3, 0.4) is 0 Å². The molecule has 4 heteroatoms. The number of rotatable bonds is 4. The molecular weight excluding hydrogens is 246 g/mol. The second kappa shape index (κ2) is 6.06. The Kier molecular flexibility index (Phi) is 4.19. The molecule has 0 heterocycles. The first-order valence-corrected chi connectivity index (χ1v) is 5.90. The zero-order chi connectivity index (χ0) is 12.8. The van der Waals surface area contributed by atoms with Crippen molar-refractivity contribution in [1.29, 1.82) is 5.26 Å². The van der Waals surface area contributed by atoms with Crippen LogP contribution in [-0.2, 0) is 6.54 Å². The summed E-state index contributed by atoms with van der Waals surface area (Å²) in [4.78, 5) is 0. The van der Waals surface area contributed by atoms with Crippen molar-refractivity contribution in [3.8, 4) is 6.07 Å². The van der Waals surface area contributed by atoms with E-state index in [1.54, 1.807) is 12.1 Å². The van der Waals surface area contributed by atoms with E-state index in [0.29, 0.717) is 17.1 Å². The molecule has 0 saturated heterocycles. The molecule has 0 aromatic heterocycles. The highest BCUT2D eigenvalue weighted by Crippen LogP contribution is 2.16. The molecule has 0 amide bonds. The summed E-state index contributed by atoms with van der Waals surface area (Å²) in [7, 11) is 0. The summed E-state index contributed by atoms with van der Waals surface area (Å²) in [6.45, 7) is 0.625. The van der Waals surface area contributed by atoms with Gasteiger partial charge in [-0.25, -0.2) is 5.43 Å². The summed E-state index contributed by atoms with van der Waals surface area (Å²) in [5.74, 6) is 0. The van der Waals surface area contributed by atoms with Gasteiger partial charge in [0, 0.05) is 12.2 Å². The number of nitrogens with one attached hydrogen (secondary N) is 2. The smallest absolute Gasteiger partial charge is 0.101 e. The van der Waals surface area contributed by atoms with Crippen LogP contribution in [0, 0.1) is 11.3 Å². The Bertz CT molecular complexity index is 561. The molecular formula is C14H12ClN3. The second-order valence-corrected chi connectivity index (χ2v) is 4.18. The van der Waals surface area contributed by atoms with E-state index >= 15 is 0 Å². The zero-order valence-electron chi connectivity index (χ0n) is 9.65. The number of anilines is 1. The maximum Gasteiger partial charge on any atom is 0.101 e. The van der Waals surface area contributed by atoms with Crippen LogP contribution < -0.4 is 10.9 Å². The van der Waals surface area contributed by atoms with Crippen molar-refractivity contribution < 1.29 is 0 Å². The molecule has 18 heavy (non-hydrogen) atoms. The average Bonchev–Trinajstić information content (AvgIpc) is 2.40. The third kappa shape index (κ3) is 3.24. The Balaban J connectivity index is 1.91. The van der Waals surface area contributed by atoms with Crippen LogP contribution in [0.25, 0.3) is 0 Å². The molecule has 2 aromatic rings. The van der Waals surface area contributed by atoms with E-state index in [9.17, 15) is 0 Å². The molecule has 2 aromatic carbocycles. The molecule has 0 spiro atoms. The molecule has 0 unspecified atom stereocenters. The Morgan fingerprint density at radius 3 is 2.56 bits per heavy atom. The molecule has 90 valence electrons. The number of nitriles is 1. The van der Waals surface area contributed by atoms with Crippen molar-refractivity contribution in [2.45, 2.75) is 6.54 Å². The lowest BCUT2D eigenvalue weighted by Gasteiger charge is -2.08. The molecule has 0 aliphatic rings. The van der Waals surface area contributed by atoms with Gasteiger partial charge >= 0.3 is 0 Å². The summed E-state index contributed by atoms with van der Waals surface area (Å²) >= 11 is 5.95. The van der Waals surface area contributed by atoms with Crippen LogP contribution in [0.2, 0.25) is 5.02 Å². The molecule has 0 aliphatic carbocycles. The molecule has 0 bridgehead atoms. The van der Waals surface area contributed by atoms with Gasteiger partial charge < -0.3 is 5.43 Å². The van der Waals surface area contributed by atoms with Crippen LogP contribution in [0.4, 0.5) is 5.69 Å². The highest BCUT2D eigenvalue weighted by molar-refractivity contribution is 6.31. The molecule has 0 fully saturated rings. The minimum absolute atomic E-state index is 0.483. The minimum Gasteiger partial charge on any atom is -0.321 e. The van der Waals surface area contributed by atoms with Gasteiger partial charge in [0.2, 0.25) is 0 Å². The van der Waals surface area contributed by atoms with E-state index in [0.717, 1.165) is 11.3 Å². The average molecular weight is 258 g/mol. The first-order chi connectivity index (χ1) is 8.79. The van der Waals surface area contributed by atoms with Gasteiger partial charge in [-0.15, -0.1) is 0 Å². The van der Waals surface area contributed by atoms with Crippen LogP contribution >= 0.6 is 11.6 Å². The fourth-order valence-corrected chi connectivity index (χ4v) is 1.77. The van der Waals surface area contributed by atoms with Gasteiger partial charge in [0.25, 0.3) is 0 Å². The Hall–Kier alpha value is -2.02. The highest BCUT2D eigenvalue weighted by atomic mass is 35.5. The van der Waals surface area contributed by atoms with E-state index in [4.69, 9.17) is 16.9 Å². The van der Waals surface area contributed by atoms with Gasteiger partial charge in [0.05, 0.1) is 10.6 Å². The molecule has 2 rings (SSSR count). The lowest BCUT2D eigenvalue weighted by Crippen LogP contribution is -2.20. The predicted octanol–water partition coefficient (Wildman–Crippen LogP) is 3.33. The highest BCUT2D eigenvalue weighted by Gasteiger charge is 2.00. The molecule has 3 nitrogen and oxygen atoms in total. The van der Waals surface area contributed by atoms with E-state index in [1.807, 2.05) is 42.5 Å². The molecule has 0 aliphatic heterocycles. The number of para-hydroxylation sites is 1.